The summed E-state index contributed by atoms with van der Waals surface area (Å²) in [5.41, 5.74) is 1.01. The van der Waals surface area contributed by atoms with Gasteiger partial charge in [0.2, 0.25) is 0 Å². The molecule has 0 saturated carbocycles. The Morgan fingerprint density at radius 1 is 1.32 bits per heavy atom. The summed E-state index contributed by atoms with van der Waals surface area (Å²) >= 11 is 3.34. The molecule has 4 nitrogen and oxygen atoms in total. The molecule has 0 aromatic heterocycles. The molecular formula is C14H19BrO4. The topological polar surface area (TPSA) is 55.8 Å². The molecule has 0 aliphatic heterocycles. The molecule has 0 unspecified atom stereocenters. The van der Waals surface area contributed by atoms with Gasteiger partial charge < -0.3 is 14.6 Å². The number of aromatic carboxylic acids is 1. The molecule has 106 valence electrons. The first kappa shape index (κ1) is 16.1. The van der Waals surface area contributed by atoms with Gasteiger partial charge in [0.25, 0.3) is 0 Å². The summed E-state index contributed by atoms with van der Waals surface area (Å²) in [6, 6.07) is 4.89. The molecule has 0 spiro atoms. The van der Waals surface area contributed by atoms with Crippen molar-refractivity contribution in [1.82, 2.24) is 0 Å². The summed E-state index contributed by atoms with van der Waals surface area (Å²) < 4.78 is 11.8. The Labute approximate surface area is 121 Å². The van der Waals surface area contributed by atoms with Crippen LogP contribution in [0.1, 0.15) is 36.7 Å². The highest BCUT2D eigenvalue weighted by atomic mass is 79.9. The number of carboxylic acid groups (broad SMARTS) is 1. The Bertz CT molecular complexity index is 438. The first-order chi connectivity index (χ1) is 8.79. The van der Waals surface area contributed by atoms with Crippen molar-refractivity contribution in [3.63, 3.8) is 0 Å². The molecule has 0 bridgehead atoms. The number of carbonyl (C=O) groups is 1. The van der Waals surface area contributed by atoms with E-state index < -0.39 is 5.97 Å². The average molecular weight is 331 g/mol. The van der Waals surface area contributed by atoms with Gasteiger partial charge in [0.05, 0.1) is 31.0 Å². The van der Waals surface area contributed by atoms with Crippen LogP contribution in [0.25, 0.3) is 0 Å². The third-order valence-corrected chi connectivity index (χ3v) is 3.06. The van der Waals surface area contributed by atoms with Crippen molar-refractivity contribution in [2.45, 2.75) is 33.0 Å². The van der Waals surface area contributed by atoms with Crippen LogP contribution in [0.4, 0.5) is 0 Å². The highest BCUT2D eigenvalue weighted by Gasteiger charge is 2.10. The summed E-state index contributed by atoms with van der Waals surface area (Å²) in [4.78, 5) is 10.8. The van der Waals surface area contributed by atoms with Crippen LogP contribution in [-0.4, -0.2) is 29.9 Å². The largest absolute Gasteiger partial charge is 0.478 e. The fourth-order valence-electron chi connectivity index (χ4n) is 1.39. The maximum atomic E-state index is 10.8. The molecule has 19 heavy (non-hydrogen) atoms. The molecule has 0 aliphatic rings. The summed E-state index contributed by atoms with van der Waals surface area (Å²) in [5.74, 6) is -0.938. The van der Waals surface area contributed by atoms with Crippen molar-refractivity contribution in [2.24, 2.45) is 0 Å². The second kappa shape index (κ2) is 7.03. The first-order valence-corrected chi connectivity index (χ1v) is 6.82. The predicted molar refractivity (Wildman–Crippen MR) is 76.5 cm³/mol. The Morgan fingerprint density at radius 2 is 2.00 bits per heavy atom. The SMILES string of the molecule is CC(C)(C)OCCOCc1ccc(C(=O)O)cc1Br. The van der Waals surface area contributed by atoms with Crippen LogP contribution in [0.15, 0.2) is 22.7 Å². The number of carboxylic acids is 1. The molecule has 0 amide bonds. The number of ether oxygens (including phenoxy) is 2. The van der Waals surface area contributed by atoms with E-state index in [1.165, 1.54) is 0 Å². The number of benzene rings is 1. The van der Waals surface area contributed by atoms with Gasteiger partial charge in [-0.1, -0.05) is 22.0 Å². The molecule has 1 aromatic carbocycles. The van der Waals surface area contributed by atoms with E-state index in [9.17, 15) is 4.79 Å². The fourth-order valence-corrected chi connectivity index (χ4v) is 1.88. The van der Waals surface area contributed by atoms with Gasteiger partial charge in [0.1, 0.15) is 0 Å². The van der Waals surface area contributed by atoms with Gasteiger partial charge in [0, 0.05) is 4.47 Å². The van der Waals surface area contributed by atoms with E-state index in [1.54, 1.807) is 18.2 Å². The van der Waals surface area contributed by atoms with E-state index in [0.29, 0.717) is 19.8 Å². The van der Waals surface area contributed by atoms with Crippen LogP contribution in [0.5, 0.6) is 0 Å². The molecule has 0 radical (unpaired) electrons. The normalized spacial score (nSPS) is 11.6. The number of halogens is 1. The third-order valence-electron chi connectivity index (χ3n) is 2.32. The lowest BCUT2D eigenvalue weighted by atomic mass is 10.1. The van der Waals surface area contributed by atoms with Crippen molar-refractivity contribution in [3.05, 3.63) is 33.8 Å². The lowest BCUT2D eigenvalue weighted by Crippen LogP contribution is -2.21. The van der Waals surface area contributed by atoms with Gasteiger partial charge in [-0.25, -0.2) is 4.79 Å². The molecule has 1 rings (SSSR count). The van der Waals surface area contributed by atoms with Crippen molar-refractivity contribution in [2.75, 3.05) is 13.2 Å². The van der Waals surface area contributed by atoms with Crippen LogP contribution in [-0.2, 0) is 16.1 Å². The highest BCUT2D eigenvalue weighted by Crippen LogP contribution is 2.19. The van der Waals surface area contributed by atoms with E-state index in [2.05, 4.69) is 15.9 Å². The molecule has 1 aromatic rings. The second-order valence-electron chi connectivity index (χ2n) is 5.12. The highest BCUT2D eigenvalue weighted by molar-refractivity contribution is 9.10. The van der Waals surface area contributed by atoms with E-state index in [1.807, 2.05) is 20.8 Å². The van der Waals surface area contributed by atoms with Crippen LogP contribution in [0.2, 0.25) is 0 Å². The smallest absolute Gasteiger partial charge is 0.335 e. The predicted octanol–water partition coefficient (Wildman–Crippen LogP) is 3.48. The molecular weight excluding hydrogens is 312 g/mol. The van der Waals surface area contributed by atoms with E-state index in [4.69, 9.17) is 14.6 Å². The molecule has 5 heteroatoms. The van der Waals surface area contributed by atoms with E-state index in [-0.39, 0.29) is 11.2 Å². The number of hydrogen-bond donors (Lipinski definition) is 1. The van der Waals surface area contributed by atoms with Gasteiger partial charge >= 0.3 is 5.97 Å². The minimum absolute atomic E-state index is 0.160. The Hall–Kier alpha value is -0.910. The molecule has 0 saturated heterocycles. The number of rotatable bonds is 6. The van der Waals surface area contributed by atoms with Crippen LogP contribution in [0.3, 0.4) is 0 Å². The monoisotopic (exact) mass is 330 g/mol. The molecule has 0 heterocycles. The third kappa shape index (κ3) is 6.18. The van der Waals surface area contributed by atoms with Gasteiger partial charge in [0.15, 0.2) is 0 Å². The lowest BCUT2D eigenvalue weighted by Gasteiger charge is -2.19. The van der Waals surface area contributed by atoms with Crippen molar-refractivity contribution < 1.29 is 19.4 Å². The molecule has 1 N–H and O–H groups in total. The summed E-state index contributed by atoms with van der Waals surface area (Å²) in [5, 5.41) is 8.85. The molecule has 0 fully saturated rings. The average Bonchev–Trinajstić information content (AvgIpc) is 2.28. The van der Waals surface area contributed by atoms with E-state index >= 15 is 0 Å². The first-order valence-electron chi connectivity index (χ1n) is 6.03. The van der Waals surface area contributed by atoms with Gasteiger partial charge in [-0.05, 0) is 38.5 Å². The molecule has 0 atom stereocenters. The van der Waals surface area contributed by atoms with Crippen molar-refractivity contribution in [1.29, 1.82) is 0 Å². The quantitative estimate of drug-likeness (QED) is 0.811. The van der Waals surface area contributed by atoms with Gasteiger partial charge in [-0.2, -0.15) is 0 Å². The van der Waals surface area contributed by atoms with Crippen molar-refractivity contribution >= 4 is 21.9 Å². The van der Waals surface area contributed by atoms with Crippen LogP contribution < -0.4 is 0 Å². The summed E-state index contributed by atoms with van der Waals surface area (Å²) in [6.07, 6.45) is 0. The van der Waals surface area contributed by atoms with Gasteiger partial charge in [-0.3, -0.25) is 0 Å². The molecule has 0 aliphatic carbocycles. The number of hydrogen-bond acceptors (Lipinski definition) is 3. The van der Waals surface area contributed by atoms with Crippen LogP contribution in [0, 0.1) is 0 Å². The van der Waals surface area contributed by atoms with Crippen molar-refractivity contribution in [3.8, 4) is 0 Å². The zero-order chi connectivity index (χ0) is 14.5. The Kier molecular flexibility index (Phi) is 5.97. The minimum Gasteiger partial charge on any atom is -0.478 e. The fraction of sp³-hybridized carbons (Fsp3) is 0.500. The minimum atomic E-state index is -0.938. The van der Waals surface area contributed by atoms with E-state index in [0.717, 1.165) is 10.0 Å². The lowest BCUT2D eigenvalue weighted by molar-refractivity contribution is -0.0377. The summed E-state index contributed by atoms with van der Waals surface area (Å²) in [7, 11) is 0. The zero-order valence-corrected chi connectivity index (χ0v) is 13.0. The second-order valence-corrected chi connectivity index (χ2v) is 5.98. The standard InChI is InChI=1S/C14H19BrO4/c1-14(2,3)19-7-6-18-9-11-5-4-10(13(16)17)8-12(11)15/h4-5,8H,6-7,9H2,1-3H3,(H,16,17). The maximum Gasteiger partial charge on any atom is 0.335 e. The Balaban J connectivity index is 2.40. The maximum absolute atomic E-state index is 10.8. The Morgan fingerprint density at radius 3 is 2.53 bits per heavy atom. The zero-order valence-electron chi connectivity index (χ0n) is 11.4. The van der Waals surface area contributed by atoms with Gasteiger partial charge in [-0.15, -0.1) is 0 Å². The summed E-state index contributed by atoms with van der Waals surface area (Å²) in [6.45, 7) is 7.45. The van der Waals surface area contributed by atoms with Crippen LogP contribution >= 0.6 is 15.9 Å².